The molecular formula is C20H18N4O2S. The zero-order valence-corrected chi connectivity index (χ0v) is 15.8. The first-order valence-electron chi connectivity index (χ1n) is 8.45. The van der Waals surface area contributed by atoms with E-state index in [1.807, 2.05) is 53.9 Å². The van der Waals surface area contributed by atoms with Crippen molar-refractivity contribution in [2.75, 3.05) is 7.11 Å². The van der Waals surface area contributed by atoms with Crippen LogP contribution in [0.15, 0.2) is 53.9 Å². The third-order valence-electron chi connectivity index (χ3n) is 4.29. The topological polar surface area (TPSA) is 69.0 Å². The molecule has 0 fully saturated rings. The van der Waals surface area contributed by atoms with Crippen molar-refractivity contribution in [1.82, 2.24) is 20.1 Å². The molecule has 6 nitrogen and oxygen atoms in total. The number of fused-ring (bicyclic) bond motifs is 1. The van der Waals surface area contributed by atoms with E-state index in [0.29, 0.717) is 17.9 Å². The Morgan fingerprint density at radius 1 is 1.19 bits per heavy atom. The number of aryl methyl sites for hydroxylation is 1. The van der Waals surface area contributed by atoms with Crippen LogP contribution in [0.25, 0.3) is 22.3 Å². The molecule has 0 unspecified atom stereocenters. The number of nitrogens with one attached hydrogen (secondary N) is 1. The van der Waals surface area contributed by atoms with E-state index in [1.165, 1.54) is 0 Å². The second-order valence-electron chi connectivity index (χ2n) is 6.00. The van der Waals surface area contributed by atoms with Crippen molar-refractivity contribution >= 4 is 28.3 Å². The minimum Gasteiger partial charge on any atom is -0.496 e. The van der Waals surface area contributed by atoms with Gasteiger partial charge in [0.15, 0.2) is 11.3 Å². The fourth-order valence-corrected chi connectivity index (χ4v) is 3.61. The summed E-state index contributed by atoms with van der Waals surface area (Å²) in [6, 6.07) is 15.4. The zero-order valence-electron chi connectivity index (χ0n) is 15.0. The number of ether oxygens (including phenoxy) is 1. The molecule has 136 valence electrons. The maximum atomic E-state index is 12.6. The molecule has 0 aliphatic carbocycles. The van der Waals surface area contributed by atoms with Crippen molar-refractivity contribution < 1.29 is 9.53 Å². The lowest BCUT2D eigenvalue weighted by molar-refractivity contribution is 0.0947. The highest BCUT2D eigenvalue weighted by molar-refractivity contribution is 7.09. The van der Waals surface area contributed by atoms with E-state index in [9.17, 15) is 4.79 Å². The Bertz CT molecular complexity index is 1100. The number of benzene rings is 1. The van der Waals surface area contributed by atoms with E-state index in [1.54, 1.807) is 30.2 Å². The Morgan fingerprint density at radius 3 is 2.81 bits per heavy atom. The van der Waals surface area contributed by atoms with Gasteiger partial charge in [-0.2, -0.15) is 5.10 Å². The quantitative estimate of drug-likeness (QED) is 0.576. The minimum atomic E-state index is -0.208. The monoisotopic (exact) mass is 378 g/mol. The number of methoxy groups -OCH3 is 1. The number of pyridine rings is 1. The molecule has 0 spiro atoms. The van der Waals surface area contributed by atoms with Gasteiger partial charge in [0.25, 0.3) is 5.91 Å². The Hall–Kier alpha value is -3.19. The average molecular weight is 378 g/mol. The third-order valence-corrected chi connectivity index (χ3v) is 5.16. The molecule has 0 radical (unpaired) electrons. The highest BCUT2D eigenvalue weighted by atomic mass is 32.1. The van der Waals surface area contributed by atoms with E-state index < -0.39 is 0 Å². The predicted octanol–water partition coefficient (Wildman–Crippen LogP) is 3.64. The first-order valence-corrected chi connectivity index (χ1v) is 9.33. The van der Waals surface area contributed by atoms with Gasteiger partial charge in [0, 0.05) is 17.5 Å². The van der Waals surface area contributed by atoms with E-state index in [0.717, 1.165) is 27.3 Å². The van der Waals surface area contributed by atoms with Crippen LogP contribution in [0.4, 0.5) is 0 Å². The van der Waals surface area contributed by atoms with Gasteiger partial charge in [-0.25, -0.2) is 9.67 Å². The highest BCUT2D eigenvalue weighted by Gasteiger charge is 2.18. The number of rotatable bonds is 5. The first-order chi connectivity index (χ1) is 13.2. The fraction of sp³-hybridized carbons (Fsp3) is 0.150. The summed E-state index contributed by atoms with van der Waals surface area (Å²) in [5, 5.41) is 10.0. The molecular weight excluding hydrogens is 360 g/mol. The van der Waals surface area contributed by atoms with Gasteiger partial charge in [-0.15, -0.1) is 11.3 Å². The molecule has 0 saturated carbocycles. The second-order valence-corrected chi connectivity index (χ2v) is 7.03. The van der Waals surface area contributed by atoms with Gasteiger partial charge in [0.2, 0.25) is 0 Å². The van der Waals surface area contributed by atoms with Crippen molar-refractivity contribution in [2.45, 2.75) is 6.54 Å². The SMILES string of the molecule is COc1ccccc1-c1ccc2c(C(=O)NCc3cccs3)nn(C)c2n1. The average Bonchev–Trinajstić information content (AvgIpc) is 3.34. The van der Waals surface area contributed by atoms with Crippen LogP contribution in [-0.2, 0) is 13.6 Å². The molecule has 1 amide bonds. The maximum absolute atomic E-state index is 12.6. The summed E-state index contributed by atoms with van der Waals surface area (Å²) in [7, 11) is 3.43. The number of para-hydroxylation sites is 1. The molecule has 0 bridgehead atoms. The summed E-state index contributed by atoms with van der Waals surface area (Å²) >= 11 is 1.61. The van der Waals surface area contributed by atoms with Crippen molar-refractivity contribution in [1.29, 1.82) is 0 Å². The Balaban J connectivity index is 1.68. The molecule has 1 N–H and O–H groups in total. The number of aromatic nitrogens is 3. The summed E-state index contributed by atoms with van der Waals surface area (Å²) in [6.45, 7) is 0.487. The van der Waals surface area contributed by atoms with Crippen LogP contribution < -0.4 is 10.1 Å². The summed E-state index contributed by atoms with van der Waals surface area (Å²) in [4.78, 5) is 18.4. The number of hydrogen-bond acceptors (Lipinski definition) is 5. The van der Waals surface area contributed by atoms with Gasteiger partial charge < -0.3 is 10.1 Å². The van der Waals surface area contributed by atoms with Gasteiger partial charge in [-0.3, -0.25) is 4.79 Å². The lowest BCUT2D eigenvalue weighted by Gasteiger charge is -2.07. The standard InChI is InChI=1S/C20H18N4O2S/c1-24-19-15(18(23-24)20(25)21-12-13-6-5-11-27-13)9-10-16(22-19)14-7-3-4-8-17(14)26-2/h3-11H,12H2,1-2H3,(H,21,25). The number of thiophene rings is 1. The molecule has 4 rings (SSSR count). The number of amides is 1. The Morgan fingerprint density at radius 2 is 2.04 bits per heavy atom. The minimum absolute atomic E-state index is 0.208. The van der Waals surface area contributed by atoms with E-state index >= 15 is 0 Å². The van der Waals surface area contributed by atoms with Crippen LogP contribution in [0.1, 0.15) is 15.4 Å². The van der Waals surface area contributed by atoms with Gasteiger partial charge in [-0.05, 0) is 35.7 Å². The second kappa shape index (κ2) is 7.20. The highest BCUT2D eigenvalue weighted by Crippen LogP contribution is 2.30. The third kappa shape index (κ3) is 3.29. The summed E-state index contributed by atoms with van der Waals surface area (Å²) in [5.41, 5.74) is 2.70. The van der Waals surface area contributed by atoms with Gasteiger partial charge >= 0.3 is 0 Å². The molecule has 7 heteroatoms. The number of carbonyl (C=O) groups is 1. The molecule has 0 saturated heterocycles. The lowest BCUT2D eigenvalue weighted by Crippen LogP contribution is -2.23. The van der Waals surface area contributed by atoms with Crippen molar-refractivity contribution in [2.24, 2.45) is 7.05 Å². The largest absolute Gasteiger partial charge is 0.496 e. The fourth-order valence-electron chi connectivity index (χ4n) is 2.97. The number of hydrogen-bond donors (Lipinski definition) is 1. The molecule has 3 aromatic heterocycles. The zero-order chi connectivity index (χ0) is 18.8. The van der Waals surface area contributed by atoms with Crippen LogP contribution >= 0.6 is 11.3 Å². The Labute approximate surface area is 160 Å². The van der Waals surface area contributed by atoms with E-state index in [-0.39, 0.29) is 5.91 Å². The number of carbonyl (C=O) groups excluding carboxylic acids is 1. The summed E-state index contributed by atoms with van der Waals surface area (Å²) < 4.78 is 7.06. The van der Waals surface area contributed by atoms with Crippen LogP contribution in [0.2, 0.25) is 0 Å². The Kier molecular flexibility index (Phi) is 4.60. The normalized spacial score (nSPS) is 10.9. The van der Waals surface area contributed by atoms with Crippen molar-refractivity contribution in [3.63, 3.8) is 0 Å². The van der Waals surface area contributed by atoms with E-state index in [4.69, 9.17) is 9.72 Å². The molecule has 4 aromatic rings. The molecule has 0 aliphatic heterocycles. The number of nitrogens with zero attached hydrogens (tertiary/aromatic N) is 3. The predicted molar refractivity (Wildman–Crippen MR) is 106 cm³/mol. The van der Waals surface area contributed by atoms with Gasteiger partial charge in [-0.1, -0.05) is 18.2 Å². The van der Waals surface area contributed by atoms with Crippen LogP contribution in [0.5, 0.6) is 5.75 Å². The van der Waals surface area contributed by atoms with Crippen molar-refractivity contribution in [3.05, 3.63) is 64.5 Å². The van der Waals surface area contributed by atoms with Crippen LogP contribution in [0.3, 0.4) is 0 Å². The van der Waals surface area contributed by atoms with E-state index in [2.05, 4.69) is 10.4 Å². The lowest BCUT2D eigenvalue weighted by atomic mass is 10.1. The maximum Gasteiger partial charge on any atom is 0.272 e. The molecule has 0 atom stereocenters. The molecule has 0 aliphatic rings. The first kappa shape index (κ1) is 17.2. The van der Waals surface area contributed by atoms with Crippen LogP contribution in [-0.4, -0.2) is 27.8 Å². The van der Waals surface area contributed by atoms with Crippen LogP contribution in [0, 0.1) is 0 Å². The van der Waals surface area contributed by atoms with Gasteiger partial charge in [0.05, 0.1) is 24.7 Å². The summed E-state index contributed by atoms with van der Waals surface area (Å²) in [5.74, 6) is 0.543. The summed E-state index contributed by atoms with van der Waals surface area (Å²) in [6.07, 6.45) is 0. The molecule has 27 heavy (non-hydrogen) atoms. The smallest absolute Gasteiger partial charge is 0.272 e. The molecule has 3 heterocycles. The van der Waals surface area contributed by atoms with Crippen molar-refractivity contribution in [3.8, 4) is 17.0 Å². The van der Waals surface area contributed by atoms with Gasteiger partial charge in [0.1, 0.15) is 5.75 Å². The molecule has 1 aromatic carbocycles.